The topological polar surface area (TPSA) is 72.4 Å². The minimum absolute atomic E-state index is 0.0977. The fraction of sp³-hybridized carbons (Fsp3) is 0.286. The van der Waals surface area contributed by atoms with Gasteiger partial charge in [-0.1, -0.05) is 23.4 Å². The molecule has 1 amide bonds. The summed E-state index contributed by atoms with van der Waals surface area (Å²) in [5.41, 5.74) is 7.96. The third kappa shape index (κ3) is 2.45. The van der Waals surface area contributed by atoms with Crippen LogP contribution in [-0.4, -0.2) is 22.0 Å². The number of rotatable bonds is 4. The van der Waals surface area contributed by atoms with Gasteiger partial charge in [-0.2, -0.15) is 0 Å². The number of nitrogen functional groups attached to an aromatic ring is 1. The highest BCUT2D eigenvalue weighted by Crippen LogP contribution is 2.30. The van der Waals surface area contributed by atoms with Crippen LogP contribution in [0.3, 0.4) is 0 Å². The van der Waals surface area contributed by atoms with Gasteiger partial charge in [0.05, 0.1) is 0 Å². The van der Waals surface area contributed by atoms with Crippen LogP contribution in [-0.2, 0) is 6.54 Å². The van der Waals surface area contributed by atoms with Crippen LogP contribution in [0.4, 0.5) is 5.69 Å². The molecule has 0 aliphatic heterocycles. The molecule has 98 valence electrons. The highest BCUT2D eigenvalue weighted by molar-refractivity contribution is 5.92. The molecule has 1 aromatic carbocycles. The van der Waals surface area contributed by atoms with Crippen molar-refractivity contribution in [2.45, 2.75) is 25.4 Å². The van der Waals surface area contributed by atoms with Crippen molar-refractivity contribution in [3.05, 3.63) is 47.9 Å². The second-order valence-electron chi connectivity index (χ2n) is 4.75. The number of nitrogens with zero attached hydrogens (tertiary/aromatic N) is 2. The molecule has 0 spiro atoms. The molecule has 1 heterocycles. The molecule has 0 bridgehead atoms. The van der Waals surface area contributed by atoms with Gasteiger partial charge >= 0.3 is 0 Å². The molecule has 1 fully saturated rings. The molecule has 0 atom stereocenters. The van der Waals surface area contributed by atoms with Crippen LogP contribution < -0.4 is 5.73 Å². The summed E-state index contributed by atoms with van der Waals surface area (Å²) in [4.78, 5) is 14.2. The van der Waals surface area contributed by atoms with Crippen molar-refractivity contribution in [1.29, 1.82) is 0 Å². The van der Waals surface area contributed by atoms with Crippen molar-refractivity contribution in [2.75, 3.05) is 5.73 Å². The minimum Gasteiger partial charge on any atom is -0.398 e. The summed E-state index contributed by atoms with van der Waals surface area (Å²) in [6.45, 7) is 0.517. The van der Waals surface area contributed by atoms with E-state index in [2.05, 4.69) is 5.16 Å². The lowest BCUT2D eigenvalue weighted by molar-refractivity contribution is 0.0719. The second kappa shape index (κ2) is 4.76. The van der Waals surface area contributed by atoms with E-state index in [0.29, 0.717) is 24.0 Å². The first-order valence-corrected chi connectivity index (χ1v) is 6.30. The average Bonchev–Trinajstić information content (AvgIpc) is 3.11. The lowest BCUT2D eigenvalue weighted by Crippen LogP contribution is -2.33. The molecule has 1 saturated carbocycles. The van der Waals surface area contributed by atoms with Crippen molar-refractivity contribution in [1.82, 2.24) is 10.1 Å². The third-order valence-electron chi connectivity index (χ3n) is 3.30. The smallest absolute Gasteiger partial charge is 0.276 e. The molecule has 5 heteroatoms. The fourth-order valence-corrected chi connectivity index (χ4v) is 2.08. The summed E-state index contributed by atoms with van der Waals surface area (Å²) < 4.78 is 4.74. The van der Waals surface area contributed by atoms with E-state index in [0.717, 1.165) is 18.4 Å². The van der Waals surface area contributed by atoms with Crippen molar-refractivity contribution in [3.63, 3.8) is 0 Å². The lowest BCUT2D eigenvalue weighted by atomic mass is 10.1. The number of carbonyl (C=O) groups is 1. The summed E-state index contributed by atoms with van der Waals surface area (Å²) >= 11 is 0. The molecule has 1 aliphatic carbocycles. The van der Waals surface area contributed by atoms with Crippen molar-refractivity contribution >= 4 is 11.6 Å². The molecule has 2 aromatic rings. The predicted octanol–water partition coefficient (Wildman–Crippen LogP) is 2.06. The Labute approximate surface area is 111 Å². The lowest BCUT2D eigenvalue weighted by Gasteiger charge is -2.22. The Balaban J connectivity index is 1.82. The van der Waals surface area contributed by atoms with E-state index in [-0.39, 0.29) is 5.91 Å². The Hall–Kier alpha value is -2.30. The van der Waals surface area contributed by atoms with Gasteiger partial charge in [0.25, 0.3) is 5.91 Å². The maximum Gasteiger partial charge on any atom is 0.276 e. The number of nitrogens with two attached hydrogens (primary N) is 1. The Morgan fingerprint density at radius 1 is 1.37 bits per heavy atom. The Morgan fingerprint density at radius 2 is 2.16 bits per heavy atom. The van der Waals surface area contributed by atoms with Crippen LogP contribution in [0.5, 0.6) is 0 Å². The number of hydrogen-bond donors (Lipinski definition) is 1. The van der Waals surface area contributed by atoms with Crippen LogP contribution in [0.1, 0.15) is 28.9 Å². The van der Waals surface area contributed by atoms with E-state index in [1.807, 2.05) is 29.2 Å². The number of hydrogen-bond acceptors (Lipinski definition) is 4. The largest absolute Gasteiger partial charge is 0.398 e. The number of benzene rings is 1. The van der Waals surface area contributed by atoms with Crippen molar-refractivity contribution in [2.24, 2.45) is 0 Å². The zero-order valence-corrected chi connectivity index (χ0v) is 10.5. The van der Waals surface area contributed by atoms with E-state index >= 15 is 0 Å². The van der Waals surface area contributed by atoms with Crippen LogP contribution >= 0.6 is 0 Å². The van der Waals surface area contributed by atoms with Gasteiger partial charge in [-0.15, -0.1) is 0 Å². The Bertz CT molecular complexity index is 576. The number of amides is 1. The number of aromatic nitrogens is 1. The first kappa shape index (κ1) is 11.8. The maximum atomic E-state index is 12.4. The van der Waals surface area contributed by atoms with Crippen molar-refractivity contribution in [3.8, 4) is 0 Å². The molecule has 0 unspecified atom stereocenters. The zero-order chi connectivity index (χ0) is 13.2. The van der Waals surface area contributed by atoms with Gasteiger partial charge in [0, 0.05) is 24.3 Å². The van der Waals surface area contributed by atoms with E-state index < -0.39 is 0 Å². The number of anilines is 1. The van der Waals surface area contributed by atoms with Gasteiger partial charge < -0.3 is 15.2 Å². The molecule has 1 aromatic heterocycles. The summed E-state index contributed by atoms with van der Waals surface area (Å²) in [5.74, 6) is -0.0977. The quantitative estimate of drug-likeness (QED) is 0.851. The molecule has 1 aliphatic rings. The van der Waals surface area contributed by atoms with Crippen molar-refractivity contribution < 1.29 is 9.32 Å². The monoisotopic (exact) mass is 257 g/mol. The SMILES string of the molecule is Nc1ccccc1CN(C(=O)c1ccon1)C1CC1. The van der Waals surface area contributed by atoms with Gasteiger partial charge in [-0.25, -0.2) is 0 Å². The van der Waals surface area contributed by atoms with Gasteiger partial charge in [-0.3, -0.25) is 4.79 Å². The van der Waals surface area contributed by atoms with Crippen LogP contribution in [0, 0.1) is 0 Å². The summed E-state index contributed by atoms with van der Waals surface area (Å²) in [6.07, 6.45) is 3.49. The van der Waals surface area contributed by atoms with Crippen LogP contribution in [0.2, 0.25) is 0 Å². The molecule has 5 nitrogen and oxygen atoms in total. The average molecular weight is 257 g/mol. The van der Waals surface area contributed by atoms with E-state index in [4.69, 9.17) is 10.3 Å². The van der Waals surface area contributed by atoms with Gasteiger partial charge in [0.1, 0.15) is 6.26 Å². The minimum atomic E-state index is -0.0977. The predicted molar refractivity (Wildman–Crippen MR) is 70.3 cm³/mol. The fourth-order valence-electron chi connectivity index (χ4n) is 2.08. The molecule has 3 rings (SSSR count). The molecule has 0 radical (unpaired) electrons. The van der Waals surface area contributed by atoms with E-state index in [9.17, 15) is 4.79 Å². The molecular formula is C14H15N3O2. The number of para-hydroxylation sites is 1. The normalized spacial score (nSPS) is 14.3. The highest BCUT2D eigenvalue weighted by Gasteiger charge is 2.34. The third-order valence-corrected chi connectivity index (χ3v) is 3.30. The second-order valence-corrected chi connectivity index (χ2v) is 4.75. The van der Waals surface area contributed by atoms with Gasteiger partial charge in [-0.05, 0) is 24.5 Å². The Kier molecular flexibility index (Phi) is 2.95. The van der Waals surface area contributed by atoms with Gasteiger partial charge in [0.2, 0.25) is 0 Å². The summed E-state index contributed by atoms with van der Waals surface area (Å²) in [6, 6.07) is 9.49. The molecule has 0 saturated heterocycles. The summed E-state index contributed by atoms with van der Waals surface area (Å²) in [5, 5.41) is 3.71. The first-order valence-electron chi connectivity index (χ1n) is 6.30. The van der Waals surface area contributed by atoms with Crippen LogP contribution in [0.25, 0.3) is 0 Å². The first-order chi connectivity index (χ1) is 9.25. The molecule has 2 N–H and O–H groups in total. The highest BCUT2D eigenvalue weighted by atomic mass is 16.5. The molecule has 19 heavy (non-hydrogen) atoms. The van der Waals surface area contributed by atoms with E-state index in [1.54, 1.807) is 6.07 Å². The van der Waals surface area contributed by atoms with Crippen LogP contribution in [0.15, 0.2) is 41.1 Å². The molecular weight excluding hydrogens is 242 g/mol. The van der Waals surface area contributed by atoms with E-state index in [1.165, 1.54) is 6.26 Å². The summed E-state index contributed by atoms with van der Waals surface area (Å²) in [7, 11) is 0. The maximum absolute atomic E-state index is 12.4. The zero-order valence-electron chi connectivity index (χ0n) is 10.5. The number of carbonyl (C=O) groups excluding carboxylic acids is 1. The van der Waals surface area contributed by atoms with Gasteiger partial charge in [0.15, 0.2) is 5.69 Å². The Morgan fingerprint density at radius 3 is 2.79 bits per heavy atom. The standard InChI is InChI=1S/C14H15N3O2/c15-12-4-2-1-3-10(12)9-17(11-5-6-11)14(18)13-7-8-19-16-13/h1-4,7-8,11H,5-6,9,15H2.